The molecule has 1 saturated heterocycles. The van der Waals surface area contributed by atoms with Crippen molar-refractivity contribution in [2.24, 2.45) is 0 Å². The summed E-state index contributed by atoms with van der Waals surface area (Å²) in [4.78, 5) is 0. The van der Waals surface area contributed by atoms with Crippen molar-refractivity contribution in [2.45, 2.75) is 32.0 Å². The van der Waals surface area contributed by atoms with Gasteiger partial charge in [0.25, 0.3) is 0 Å². The average molecular weight is 101 g/mol. The lowest BCUT2D eigenvalue weighted by Gasteiger charge is -2.01. The third kappa shape index (κ3) is 1.14. The Morgan fingerprint density at radius 1 is 1.57 bits per heavy atom. The Balaban J connectivity index is 2.26. The van der Waals surface area contributed by atoms with E-state index in [1.54, 1.807) is 0 Å². The van der Waals surface area contributed by atoms with Gasteiger partial charge >= 0.3 is 0 Å². The molecule has 0 saturated carbocycles. The van der Waals surface area contributed by atoms with Crippen molar-refractivity contribution in [2.75, 3.05) is 0 Å². The van der Waals surface area contributed by atoms with Gasteiger partial charge in [-0.05, 0) is 19.8 Å². The summed E-state index contributed by atoms with van der Waals surface area (Å²) in [6.45, 7) is 2.08. The summed E-state index contributed by atoms with van der Waals surface area (Å²) >= 11 is 0. The summed E-state index contributed by atoms with van der Waals surface area (Å²) in [5.41, 5.74) is 0. The van der Waals surface area contributed by atoms with Crippen molar-refractivity contribution < 1.29 is 5.11 Å². The van der Waals surface area contributed by atoms with E-state index in [4.69, 9.17) is 5.11 Å². The Hall–Kier alpha value is -0.0800. The van der Waals surface area contributed by atoms with Crippen LogP contribution in [0.2, 0.25) is 0 Å². The molecule has 2 N–H and O–H groups in total. The van der Waals surface area contributed by atoms with Crippen molar-refractivity contribution in [3.8, 4) is 0 Å². The monoisotopic (exact) mass is 101 g/mol. The number of hydrogen-bond acceptors (Lipinski definition) is 2. The molecule has 1 aliphatic rings. The zero-order valence-electron chi connectivity index (χ0n) is 4.52. The van der Waals surface area contributed by atoms with E-state index >= 15 is 0 Å². The van der Waals surface area contributed by atoms with Gasteiger partial charge in [-0.15, -0.1) is 0 Å². The molecule has 0 spiro atoms. The van der Waals surface area contributed by atoms with E-state index in [9.17, 15) is 0 Å². The van der Waals surface area contributed by atoms with E-state index in [0.717, 1.165) is 12.8 Å². The van der Waals surface area contributed by atoms with E-state index in [2.05, 4.69) is 12.2 Å². The normalized spacial score (nSPS) is 42.0. The topological polar surface area (TPSA) is 32.3 Å². The van der Waals surface area contributed by atoms with Gasteiger partial charge in [-0.2, -0.15) is 0 Å². The molecule has 1 rings (SSSR count). The van der Waals surface area contributed by atoms with Gasteiger partial charge in [-0.3, -0.25) is 5.32 Å². The van der Waals surface area contributed by atoms with Gasteiger partial charge in [0.05, 0.1) is 0 Å². The van der Waals surface area contributed by atoms with Crippen LogP contribution in [0.1, 0.15) is 19.8 Å². The van der Waals surface area contributed by atoms with Crippen LogP contribution < -0.4 is 5.32 Å². The largest absolute Gasteiger partial charge is 0.379 e. The van der Waals surface area contributed by atoms with Crippen LogP contribution >= 0.6 is 0 Å². The molecule has 42 valence electrons. The van der Waals surface area contributed by atoms with Crippen LogP contribution in [-0.2, 0) is 0 Å². The molecular formula is C5H11NO. The summed E-state index contributed by atoms with van der Waals surface area (Å²) in [7, 11) is 0. The summed E-state index contributed by atoms with van der Waals surface area (Å²) in [5.74, 6) is 0. The molecule has 0 aromatic carbocycles. The SMILES string of the molecule is CC1CCC(O)N1. The lowest BCUT2D eigenvalue weighted by atomic mass is 10.3. The van der Waals surface area contributed by atoms with Gasteiger partial charge in [-0.25, -0.2) is 0 Å². The second-order valence-corrected chi connectivity index (χ2v) is 2.16. The van der Waals surface area contributed by atoms with Crippen molar-refractivity contribution >= 4 is 0 Å². The third-order valence-electron chi connectivity index (χ3n) is 1.35. The van der Waals surface area contributed by atoms with Crippen molar-refractivity contribution in [1.82, 2.24) is 5.32 Å². The Labute approximate surface area is 43.5 Å². The molecule has 0 amide bonds. The minimum Gasteiger partial charge on any atom is -0.379 e. The molecule has 0 aliphatic carbocycles. The number of rotatable bonds is 0. The highest BCUT2D eigenvalue weighted by atomic mass is 16.3. The lowest BCUT2D eigenvalue weighted by molar-refractivity contribution is 0.156. The first-order chi connectivity index (χ1) is 3.29. The van der Waals surface area contributed by atoms with E-state index in [-0.39, 0.29) is 6.23 Å². The Bertz CT molecular complexity index is 57.1. The molecule has 0 radical (unpaired) electrons. The fraction of sp³-hybridized carbons (Fsp3) is 1.00. The first kappa shape index (κ1) is 5.06. The molecule has 1 fully saturated rings. The fourth-order valence-corrected chi connectivity index (χ4v) is 0.903. The average Bonchev–Trinajstić information content (AvgIpc) is 1.87. The van der Waals surface area contributed by atoms with E-state index in [1.807, 2.05) is 0 Å². The van der Waals surface area contributed by atoms with Crippen LogP contribution in [0.15, 0.2) is 0 Å². The van der Waals surface area contributed by atoms with Crippen molar-refractivity contribution in [3.05, 3.63) is 0 Å². The van der Waals surface area contributed by atoms with Crippen LogP contribution in [-0.4, -0.2) is 17.4 Å². The molecule has 2 atom stereocenters. The molecule has 2 unspecified atom stereocenters. The number of nitrogens with one attached hydrogen (secondary N) is 1. The van der Waals surface area contributed by atoms with Gasteiger partial charge < -0.3 is 5.11 Å². The van der Waals surface area contributed by atoms with Gasteiger partial charge in [0.15, 0.2) is 0 Å². The highest BCUT2D eigenvalue weighted by Gasteiger charge is 2.15. The van der Waals surface area contributed by atoms with Crippen LogP contribution in [0.25, 0.3) is 0 Å². The van der Waals surface area contributed by atoms with Gasteiger partial charge in [0.2, 0.25) is 0 Å². The minimum absolute atomic E-state index is 0.227. The van der Waals surface area contributed by atoms with E-state index in [1.165, 1.54) is 0 Å². The predicted octanol–water partition coefficient (Wildman–Crippen LogP) is 0.0767. The number of hydrogen-bond donors (Lipinski definition) is 2. The second kappa shape index (κ2) is 1.80. The Morgan fingerprint density at radius 2 is 2.29 bits per heavy atom. The molecule has 0 aromatic rings. The fourth-order valence-electron chi connectivity index (χ4n) is 0.903. The smallest absolute Gasteiger partial charge is 0.105 e. The highest BCUT2D eigenvalue weighted by molar-refractivity contribution is 4.71. The number of aliphatic hydroxyl groups excluding tert-OH is 1. The zero-order chi connectivity index (χ0) is 5.28. The quantitative estimate of drug-likeness (QED) is 0.453. The zero-order valence-corrected chi connectivity index (χ0v) is 4.52. The van der Waals surface area contributed by atoms with Crippen LogP contribution in [0.3, 0.4) is 0 Å². The molecule has 1 heterocycles. The third-order valence-corrected chi connectivity index (χ3v) is 1.35. The summed E-state index contributed by atoms with van der Waals surface area (Å²) < 4.78 is 0. The lowest BCUT2D eigenvalue weighted by Crippen LogP contribution is -2.26. The first-order valence-electron chi connectivity index (χ1n) is 2.73. The molecule has 0 bridgehead atoms. The number of aliphatic hydroxyl groups is 1. The van der Waals surface area contributed by atoms with Crippen molar-refractivity contribution in [3.63, 3.8) is 0 Å². The van der Waals surface area contributed by atoms with Crippen molar-refractivity contribution in [1.29, 1.82) is 0 Å². The predicted molar refractivity (Wildman–Crippen MR) is 27.8 cm³/mol. The van der Waals surface area contributed by atoms with Gasteiger partial charge in [-0.1, -0.05) is 0 Å². The minimum atomic E-state index is -0.227. The molecular weight excluding hydrogens is 90.1 g/mol. The summed E-state index contributed by atoms with van der Waals surface area (Å²) in [6, 6.07) is 0.523. The second-order valence-electron chi connectivity index (χ2n) is 2.16. The Kier molecular flexibility index (Phi) is 1.30. The van der Waals surface area contributed by atoms with E-state index in [0.29, 0.717) is 6.04 Å². The summed E-state index contributed by atoms with van der Waals surface area (Å²) in [6.07, 6.45) is 1.80. The molecule has 7 heavy (non-hydrogen) atoms. The van der Waals surface area contributed by atoms with Gasteiger partial charge in [0.1, 0.15) is 6.23 Å². The molecule has 1 aliphatic heterocycles. The summed E-state index contributed by atoms with van der Waals surface area (Å²) in [5, 5.41) is 11.8. The van der Waals surface area contributed by atoms with Gasteiger partial charge in [0, 0.05) is 6.04 Å². The first-order valence-corrected chi connectivity index (χ1v) is 2.73. The molecule has 0 aromatic heterocycles. The van der Waals surface area contributed by atoms with Crippen LogP contribution in [0.4, 0.5) is 0 Å². The maximum Gasteiger partial charge on any atom is 0.105 e. The van der Waals surface area contributed by atoms with Crippen LogP contribution in [0.5, 0.6) is 0 Å². The molecule has 2 heteroatoms. The maximum atomic E-state index is 8.79. The highest BCUT2D eigenvalue weighted by Crippen LogP contribution is 2.07. The van der Waals surface area contributed by atoms with E-state index < -0.39 is 0 Å². The molecule has 2 nitrogen and oxygen atoms in total. The van der Waals surface area contributed by atoms with Crippen LogP contribution in [0, 0.1) is 0 Å². The standard InChI is InChI=1S/C5H11NO/c1-4-2-3-5(7)6-4/h4-7H,2-3H2,1H3. The Morgan fingerprint density at radius 3 is 2.43 bits per heavy atom. The maximum absolute atomic E-state index is 8.79.